The number of carbonyl (C=O) groups excluding carboxylic acids is 4. The van der Waals surface area contributed by atoms with Crippen LogP contribution in [0.5, 0.6) is 0 Å². The Bertz CT molecular complexity index is 2170. The Morgan fingerprint density at radius 2 is 1.49 bits per heavy atom. The highest BCUT2D eigenvalue weighted by Gasteiger charge is 2.46. The van der Waals surface area contributed by atoms with Gasteiger partial charge in [-0.15, -0.1) is 0 Å². The highest BCUT2D eigenvalue weighted by Crippen LogP contribution is 2.38. The number of aromatic amines is 2. The van der Waals surface area contributed by atoms with Crippen LogP contribution >= 0.6 is 0 Å². The minimum absolute atomic E-state index is 0.121. The van der Waals surface area contributed by atoms with Crippen LogP contribution in [-0.4, -0.2) is 114 Å². The van der Waals surface area contributed by atoms with Crippen molar-refractivity contribution in [2.45, 2.75) is 83.0 Å². The van der Waals surface area contributed by atoms with Gasteiger partial charge in [0.15, 0.2) is 0 Å². The summed E-state index contributed by atoms with van der Waals surface area (Å²) in [6.07, 6.45) is 2.08. The number of H-pyrrole nitrogens is 2. The molecule has 16 heteroatoms. The number of hydrogen-bond acceptors (Lipinski definition) is 9. The van der Waals surface area contributed by atoms with Crippen LogP contribution in [0.1, 0.15) is 68.5 Å². The molecule has 4 aromatic rings. The Morgan fingerprint density at radius 1 is 0.842 bits per heavy atom. The molecule has 302 valence electrons. The standard InChI is InChI=1S/C41H52N8O7Si/c1-24(2)34(46-40(52)55-5)38(50)49-23-57(7,8)22-33(49)37-43-29-18-15-27(20-30(29)44-37)12-11-26-13-16-28(17-14-26)31-21-42-36(45-31)32-10-9-19-48(32)39(51)35(25(3)54-4)47-41(53)56-6/h13-18,20-21,24-25,32-35H,9-10,19,22-23H2,1-8H3,(H,42,45)(H,43,44)(H,46,52)(H,47,53)/t25?,32-,33-,34-,35-/m0/s1. The Morgan fingerprint density at radius 3 is 2.16 bits per heavy atom. The summed E-state index contributed by atoms with van der Waals surface area (Å²) in [6, 6.07) is 12.5. The van der Waals surface area contributed by atoms with E-state index in [4.69, 9.17) is 19.2 Å². The van der Waals surface area contributed by atoms with E-state index < -0.39 is 38.4 Å². The number of ether oxygens (including phenoxy) is 3. The minimum atomic E-state index is -1.76. The molecular formula is C41H52N8O7Si. The molecule has 4 heterocycles. The molecule has 2 fully saturated rings. The van der Waals surface area contributed by atoms with Gasteiger partial charge in [-0.05, 0) is 67.6 Å². The monoisotopic (exact) mass is 796 g/mol. The summed E-state index contributed by atoms with van der Waals surface area (Å²) in [4.78, 5) is 71.6. The number of methoxy groups -OCH3 is 3. The number of alkyl carbamates (subject to hydrolysis) is 2. The van der Waals surface area contributed by atoms with Crippen molar-refractivity contribution in [3.05, 3.63) is 71.4 Å². The van der Waals surface area contributed by atoms with E-state index in [1.54, 1.807) is 18.0 Å². The molecule has 2 aromatic carbocycles. The van der Waals surface area contributed by atoms with Crippen LogP contribution in [0.15, 0.2) is 48.7 Å². The van der Waals surface area contributed by atoms with E-state index in [0.717, 1.165) is 58.1 Å². The Kier molecular flexibility index (Phi) is 12.4. The summed E-state index contributed by atoms with van der Waals surface area (Å²) in [7, 11) is 2.28. The maximum atomic E-state index is 13.9. The number of benzene rings is 2. The number of aromatic nitrogens is 4. The van der Waals surface area contributed by atoms with Gasteiger partial charge in [0.1, 0.15) is 23.7 Å². The van der Waals surface area contributed by atoms with Gasteiger partial charge in [-0.3, -0.25) is 9.59 Å². The Hall–Kier alpha value is -5.66. The maximum Gasteiger partial charge on any atom is 0.407 e. The summed E-state index contributed by atoms with van der Waals surface area (Å²) in [5.41, 5.74) is 4.99. The van der Waals surface area contributed by atoms with Crippen molar-refractivity contribution in [3.63, 3.8) is 0 Å². The molecule has 2 aliphatic rings. The van der Waals surface area contributed by atoms with E-state index in [9.17, 15) is 19.2 Å². The quantitative estimate of drug-likeness (QED) is 0.122. The van der Waals surface area contributed by atoms with E-state index in [-0.39, 0.29) is 29.8 Å². The van der Waals surface area contributed by atoms with Crippen LogP contribution in [0, 0.1) is 17.8 Å². The molecule has 0 aliphatic carbocycles. The fraction of sp³-hybridized carbons (Fsp3) is 0.463. The van der Waals surface area contributed by atoms with E-state index >= 15 is 0 Å². The number of hydrogen-bond donors (Lipinski definition) is 4. The smallest absolute Gasteiger partial charge is 0.407 e. The lowest BCUT2D eigenvalue weighted by atomic mass is 10.0. The second-order valence-electron chi connectivity index (χ2n) is 15.8. The van der Waals surface area contributed by atoms with Gasteiger partial charge >= 0.3 is 12.2 Å². The summed E-state index contributed by atoms with van der Waals surface area (Å²) in [5, 5.41) is 5.34. The molecule has 2 aliphatic heterocycles. The Balaban J connectivity index is 1.14. The van der Waals surface area contributed by atoms with Gasteiger partial charge < -0.3 is 44.6 Å². The minimum Gasteiger partial charge on any atom is -0.453 e. The first kappa shape index (κ1) is 41.0. The first-order chi connectivity index (χ1) is 27.2. The lowest BCUT2D eigenvalue weighted by Crippen LogP contribution is -2.54. The van der Waals surface area contributed by atoms with Gasteiger partial charge in [0.2, 0.25) is 11.8 Å². The van der Waals surface area contributed by atoms with Crippen molar-refractivity contribution >= 4 is 43.1 Å². The molecule has 4 amide bonds. The van der Waals surface area contributed by atoms with Crippen molar-refractivity contribution in [2.24, 2.45) is 5.92 Å². The zero-order valence-electron chi connectivity index (χ0n) is 33.8. The number of imidazole rings is 2. The summed E-state index contributed by atoms with van der Waals surface area (Å²) >= 11 is 0. The number of nitrogens with one attached hydrogen (secondary N) is 4. The molecule has 2 saturated heterocycles. The van der Waals surface area contributed by atoms with Crippen LogP contribution in [0.25, 0.3) is 22.3 Å². The lowest BCUT2D eigenvalue weighted by Gasteiger charge is -2.30. The van der Waals surface area contributed by atoms with E-state index in [2.05, 4.69) is 50.5 Å². The molecule has 5 atom stereocenters. The topological polar surface area (TPSA) is 184 Å². The molecular weight excluding hydrogens is 745 g/mol. The van der Waals surface area contributed by atoms with Gasteiger partial charge in [0.05, 0.1) is 63.4 Å². The second kappa shape index (κ2) is 17.2. The number of fused-ring (bicyclic) bond motifs is 1. The van der Waals surface area contributed by atoms with Gasteiger partial charge in [0.25, 0.3) is 0 Å². The molecule has 15 nitrogen and oxygen atoms in total. The van der Waals surface area contributed by atoms with Crippen molar-refractivity contribution in [1.82, 2.24) is 40.4 Å². The fourth-order valence-corrected chi connectivity index (χ4v) is 10.5. The Labute approximate surface area is 333 Å². The highest BCUT2D eigenvalue weighted by molar-refractivity contribution is 6.78. The molecule has 1 unspecified atom stereocenters. The molecule has 6 rings (SSSR count). The van der Waals surface area contributed by atoms with Gasteiger partial charge in [-0.25, -0.2) is 19.6 Å². The largest absolute Gasteiger partial charge is 0.453 e. The maximum absolute atomic E-state index is 13.9. The van der Waals surface area contributed by atoms with Crippen molar-refractivity contribution < 1.29 is 33.4 Å². The predicted molar refractivity (Wildman–Crippen MR) is 216 cm³/mol. The van der Waals surface area contributed by atoms with E-state index in [0.29, 0.717) is 18.5 Å². The number of amides is 4. The summed E-state index contributed by atoms with van der Waals surface area (Å²) in [5.74, 6) is 7.41. The average molecular weight is 797 g/mol. The molecule has 0 radical (unpaired) electrons. The number of nitrogens with zero attached hydrogens (tertiary/aromatic N) is 4. The van der Waals surface area contributed by atoms with Crippen molar-refractivity contribution in [1.29, 1.82) is 0 Å². The third kappa shape index (κ3) is 9.16. The number of likely N-dealkylation sites (tertiary alicyclic amines) is 1. The predicted octanol–water partition coefficient (Wildman–Crippen LogP) is 5.29. The van der Waals surface area contributed by atoms with Crippen molar-refractivity contribution in [3.8, 4) is 23.1 Å². The lowest BCUT2D eigenvalue weighted by molar-refractivity contribution is -0.137. The molecule has 0 bridgehead atoms. The van der Waals surface area contributed by atoms with Gasteiger partial charge in [0, 0.05) is 30.9 Å². The van der Waals surface area contributed by atoms with Crippen LogP contribution in [0.4, 0.5) is 9.59 Å². The first-order valence-corrected chi connectivity index (χ1v) is 22.6. The highest BCUT2D eigenvalue weighted by atomic mass is 28.3. The van der Waals surface area contributed by atoms with Gasteiger partial charge in [-0.1, -0.05) is 50.9 Å². The normalized spacial score (nSPS) is 19.1. The third-order valence-electron chi connectivity index (χ3n) is 10.8. The summed E-state index contributed by atoms with van der Waals surface area (Å²) < 4.78 is 14.9. The molecule has 0 saturated carbocycles. The zero-order valence-corrected chi connectivity index (χ0v) is 34.8. The first-order valence-electron chi connectivity index (χ1n) is 19.2. The molecule has 0 spiro atoms. The molecule has 4 N–H and O–H groups in total. The average Bonchev–Trinajstić information content (AvgIpc) is 4.02. The van der Waals surface area contributed by atoms with Crippen LogP contribution < -0.4 is 10.6 Å². The van der Waals surface area contributed by atoms with Crippen LogP contribution in [0.2, 0.25) is 19.1 Å². The van der Waals surface area contributed by atoms with E-state index in [1.807, 2.05) is 61.2 Å². The molecule has 2 aromatic heterocycles. The molecule has 57 heavy (non-hydrogen) atoms. The SMILES string of the molecule is COC(=O)N[C@H](C(=O)N1C[Si](C)(C)C[C@H]1c1nc2cc(C#Cc3ccc(-c4cnc([C@@H]5CCCN5C(=O)[C@@H](NC(=O)OC)C(C)OC)[nH]4)cc3)ccc2[nH]1)C(C)C. The van der Waals surface area contributed by atoms with E-state index in [1.165, 1.54) is 21.3 Å². The van der Waals surface area contributed by atoms with Crippen molar-refractivity contribution in [2.75, 3.05) is 34.0 Å². The third-order valence-corrected chi connectivity index (χ3v) is 13.5. The zero-order chi connectivity index (χ0) is 41.0. The van der Waals surface area contributed by atoms with Crippen LogP contribution in [-0.2, 0) is 23.8 Å². The van der Waals surface area contributed by atoms with Gasteiger partial charge in [-0.2, -0.15) is 0 Å². The second-order valence-corrected chi connectivity index (χ2v) is 20.9. The fourth-order valence-electron chi connectivity index (χ4n) is 7.61. The van der Waals surface area contributed by atoms with Crippen LogP contribution in [0.3, 0.4) is 0 Å². The summed E-state index contributed by atoms with van der Waals surface area (Å²) in [6.45, 7) is 10.6. The number of carbonyl (C=O) groups is 4. The number of rotatable bonds is 10.